The van der Waals surface area contributed by atoms with Gasteiger partial charge in [0.05, 0.1) is 5.69 Å². The van der Waals surface area contributed by atoms with E-state index in [4.69, 9.17) is 5.14 Å². The average molecular weight is 284 g/mol. The van der Waals surface area contributed by atoms with Crippen LogP contribution in [0.4, 0.5) is 5.69 Å². The zero-order chi connectivity index (χ0) is 13.9. The Morgan fingerprint density at radius 2 is 1.95 bits per heavy atom. The van der Waals surface area contributed by atoms with Gasteiger partial charge >= 0.3 is 0 Å². The zero-order valence-corrected chi connectivity index (χ0v) is 11.6. The van der Waals surface area contributed by atoms with Crippen molar-refractivity contribution in [3.8, 4) is 0 Å². The van der Waals surface area contributed by atoms with E-state index >= 15 is 0 Å². The van der Waals surface area contributed by atoms with Gasteiger partial charge in [0.25, 0.3) is 0 Å². The Hall–Kier alpha value is -1.11. The molecule has 0 spiro atoms. The summed E-state index contributed by atoms with van der Waals surface area (Å²) in [5, 5.41) is 17.6. The molecule has 1 aliphatic rings. The van der Waals surface area contributed by atoms with Gasteiger partial charge in [-0.15, -0.1) is 0 Å². The lowest BCUT2D eigenvalue weighted by Gasteiger charge is -2.19. The number of rotatable bonds is 5. The van der Waals surface area contributed by atoms with Gasteiger partial charge in [-0.25, -0.2) is 13.6 Å². The Bertz CT molecular complexity index is 530. The predicted molar refractivity (Wildman–Crippen MR) is 74.2 cm³/mol. The molecule has 2 unspecified atom stereocenters. The van der Waals surface area contributed by atoms with E-state index in [1.807, 2.05) is 0 Å². The van der Waals surface area contributed by atoms with Crippen LogP contribution in [0.15, 0.2) is 29.2 Å². The number of anilines is 1. The monoisotopic (exact) mass is 284 g/mol. The molecule has 5 nitrogen and oxygen atoms in total. The van der Waals surface area contributed by atoms with E-state index in [0.29, 0.717) is 24.1 Å². The molecule has 0 radical (unpaired) electrons. The van der Waals surface area contributed by atoms with Gasteiger partial charge in [-0.1, -0.05) is 18.6 Å². The van der Waals surface area contributed by atoms with Crippen molar-refractivity contribution in [2.75, 3.05) is 18.5 Å². The van der Waals surface area contributed by atoms with Crippen LogP contribution in [-0.4, -0.2) is 26.7 Å². The number of hydrogen-bond donors (Lipinski definition) is 3. The highest BCUT2D eigenvalue weighted by Crippen LogP contribution is 2.32. The quantitative estimate of drug-likeness (QED) is 0.756. The summed E-state index contributed by atoms with van der Waals surface area (Å²) in [6, 6.07) is 6.63. The van der Waals surface area contributed by atoms with Crippen molar-refractivity contribution in [1.29, 1.82) is 0 Å². The summed E-state index contributed by atoms with van der Waals surface area (Å²) < 4.78 is 22.9. The highest BCUT2D eigenvalue weighted by Gasteiger charge is 2.26. The molecule has 1 aromatic carbocycles. The Morgan fingerprint density at radius 3 is 2.63 bits per heavy atom. The lowest BCUT2D eigenvalue weighted by atomic mass is 9.97. The summed E-state index contributed by atoms with van der Waals surface area (Å²) in [5.74, 6) is 0.702. The van der Waals surface area contributed by atoms with Crippen LogP contribution in [0.2, 0.25) is 0 Å². The van der Waals surface area contributed by atoms with Crippen LogP contribution in [0.5, 0.6) is 0 Å². The normalized spacial score (nSPS) is 23.5. The molecule has 2 atom stereocenters. The number of aliphatic hydroxyl groups excluding tert-OH is 1. The minimum atomic E-state index is -3.71. The van der Waals surface area contributed by atoms with Crippen LogP contribution in [0.3, 0.4) is 0 Å². The minimum Gasteiger partial charge on any atom is -0.396 e. The first kappa shape index (κ1) is 14.3. The van der Waals surface area contributed by atoms with Crippen LogP contribution < -0.4 is 10.5 Å². The molecule has 1 saturated carbocycles. The minimum absolute atomic E-state index is 0.119. The molecule has 106 valence electrons. The van der Waals surface area contributed by atoms with Crippen molar-refractivity contribution in [1.82, 2.24) is 0 Å². The van der Waals surface area contributed by atoms with E-state index in [1.165, 1.54) is 6.07 Å². The SMILES string of the molecule is NS(=O)(=O)c1ccccc1NCC1CCCC1CO. The van der Waals surface area contributed by atoms with Crippen LogP contribution in [0.25, 0.3) is 0 Å². The molecule has 0 aliphatic heterocycles. The van der Waals surface area contributed by atoms with Crippen molar-refractivity contribution in [3.63, 3.8) is 0 Å². The summed E-state index contributed by atoms with van der Waals surface area (Å²) in [5.41, 5.74) is 0.536. The van der Waals surface area contributed by atoms with Gasteiger partial charge in [-0.3, -0.25) is 0 Å². The Labute approximate surface area is 113 Å². The number of primary sulfonamides is 1. The summed E-state index contributed by atoms with van der Waals surface area (Å²) >= 11 is 0. The lowest BCUT2D eigenvalue weighted by Crippen LogP contribution is -2.22. The Kier molecular flexibility index (Phi) is 4.44. The maximum Gasteiger partial charge on any atom is 0.240 e. The van der Waals surface area contributed by atoms with E-state index in [2.05, 4.69) is 5.32 Å². The van der Waals surface area contributed by atoms with Gasteiger partial charge in [-0.05, 0) is 36.8 Å². The Morgan fingerprint density at radius 1 is 1.26 bits per heavy atom. The fourth-order valence-corrected chi connectivity index (χ4v) is 3.44. The predicted octanol–water partition coefficient (Wildman–Crippen LogP) is 1.15. The van der Waals surface area contributed by atoms with Crippen LogP contribution >= 0.6 is 0 Å². The first-order valence-electron chi connectivity index (χ1n) is 6.49. The topological polar surface area (TPSA) is 92.4 Å². The van der Waals surface area contributed by atoms with E-state index in [9.17, 15) is 13.5 Å². The number of para-hydroxylation sites is 1. The molecule has 1 aliphatic carbocycles. The lowest BCUT2D eigenvalue weighted by molar-refractivity contribution is 0.199. The largest absolute Gasteiger partial charge is 0.396 e. The molecule has 0 heterocycles. The number of nitrogens with one attached hydrogen (secondary N) is 1. The maximum atomic E-state index is 11.5. The van der Waals surface area contributed by atoms with Crippen LogP contribution in [0, 0.1) is 11.8 Å². The van der Waals surface area contributed by atoms with E-state index in [1.54, 1.807) is 18.2 Å². The van der Waals surface area contributed by atoms with Crippen LogP contribution in [-0.2, 0) is 10.0 Å². The molecule has 0 aromatic heterocycles. The first-order chi connectivity index (χ1) is 9.02. The third kappa shape index (κ3) is 3.46. The van der Waals surface area contributed by atoms with Crippen molar-refractivity contribution >= 4 is 15.7 Å². The second kappa shape index (κ2) is 5.90. The second-order valence-electron chi connectivity index (χ2n) is 5.06. The summed E-state index contributed by atoms with van der Waals surface area (Å²) in [6.07, 6.45) is 3.23. The van der Waals surface area contributed by atoms with Gasteiger partial charge in [0, 0.05) is 13.2 Å². The molecule has 0 bridgehead atoms. The summed E-state index contributed by atoms with van der Waals surface area (Å²) in [7, 11) is -3.71. The third-order valence-electron chi connectivity index (χ3n) is 3.80. The average Bonchev–Trinajstić information content (AvgIpc) is 2.83. The van der Waals surface area contributed by atoms with Crippen molar-refractivity contribution in [2.24, 2.45) is 17.0 Å². The van der Waals surface area contributed by atoms with Gasteiger partial charge in [0.15, 0.2) is 0 Å². The standard InChI is InChI=1S/C13H20N2O3S/c14-19(17,18)13-7-2-1-6-12(13)15-8-10-4-3-5-11(10)9-16/h1-2,6-7,10-11,15-16H,3-5,8-9H2,(H2,14,17,18). The van der Waals surface area contributed by atoms with Crippen molar-refractivity contribution in [2.45, 2.75) is 24.2 Å². The number of benzene rings is 1. The van der Waals surface area contributed by atoms with E-state index in [-0.39, 0.29) is 11.5 Å². The summed E-state index contributed by atoms with van der Waals surface area (Å²) in [4.78, 5) is 0.119. The number of sulfonamides is 1. The molecule has 2 rings (SSSR count). The Balaban J connectivity index is 2.08. The van der Waals surface area contributed by atoms with Crippen molar-refractivity contribution < 1.29 is 13.5 Å². The highest BCUT2D eigenvalue weighted by atomic mass is 32.2. The van der Waals surface area contributed by atoms with Gasteiger partial charge < -0.3 is 10.4 Å². The van der Waals surface area contributed by atoms with Gasteiger partial charge in [-0.2, -0.15) is 0 Å². The molecule has 1 aromatic rings. The molecular weight excluding hydrogens is 264 g/mol. The zero-order valence-electron chi connectivity index (χ0n) is 10.7. The van der Waals surface area contributed by atoms with Crippen LogP contribution in [0.1, 0.15) is 19.3 Å². The fraction of sp³-hybridized carbons (Fsp3) is 0.538. The highest BCUT2D eigenvalue weighted by molar-refractivity contribution is 7.89. The number of aliphatic hydroxyl groups is 1. The molecule has 4 N–H and O–H groups in total. The third-order valence-corrected chi connectivity index (χ3v) is 4.77. The first-order valence-corrected chi connectivity index (χ1v) is 8.03. The molecular formula is C13H20N2O3S. The number of nitrogens with two attached hydrogens (primary N) is 1. The smallest absolute Gasteiger partial charge is 0.240 e. The van der Waals surface area contributed by atoms with E-state index in [0.717, 1.165) is 19.3 Å². The molecule has 0 saturated heterocycles. The summed E-state index contributed by atoms with van der Waals surface area (Å²) in [6.45, 7) is 0.862. The fourth-order valence-electron chi connectivity index (χ4n) is 2.72. The second-order valence-corrected chi connectivity index (χ2v) is 6.59. The number of hydrogen-bond acceptors (Lipinski definition) is 4. The van der Waals surface area contributed by atoms with Gasteiger partial charge in [0.2, 0.25) is 10.0 Å². The van der Waals surface area contributed by atoms with E-state index < -0.39 is 10.0 Å². The molecule has 19 heavy (non-hydrogen) atoms. The van der Waals surface area contributed by atoms with Crippen molar-refractivity contribution in [3.05, 3.63) is 24.3 Å². The van der Waals surface area contributed by atoms with Gasteiger partial charge in [0.1, 0.15) is 4.90 Å². The molecule has 1 fully saturated rings. The maximum absolute atomic E-state index is 11.5. The molecule has 6 heteroatoms. The molecule has 0 amide bonds.